The molecule has 3 radical (unpaired) electrons. The monoisotopic (exact) mass is 253 g/mol. The first-order valence-corrected chi connectivity index (χ1v) is 6.78. The predicted octanol–water partition coefficient (Wildman–Crippen LogP) is 4.16. The molecule has 2 aromatic carbocycles. The number of benzene rings is 2. The van der Waals surface area contributed by atoms with Crippen molar-refractivity contribution in [3.05, 3.63) is 54.1 Å². The lowest BCUT2D eigenvalue weighted by molar-refractivity contribution is 0.618. The summed E-state index contributed by atoms with van der Waals surface area (Å²) in [4.78, 5) is 0. The summed E-state index contributed by atoms with van der Waals surface area (Å²) in [5, 5.41) is 0. The Morgan fingerprint density at radius 2 is 1.61 bits per heavy atom. The van der Waals surface area contributed by atoms with Crippen molar-refractivity contribution in [3.63, 3.8) is 0 Å². The second kappa shape index (κ2) is 6.41. The highest BCUT2D eigenvalue weighted by atomic mass is 28.2. The van der Waals surface area contributed by atoms with E-state index >= 15 is 0 Å². The van der Waals surface area contributed by atoms with Crippen LogP contribution in [0.4, 0.5) is 0 Å². The lowest BCUT2D eigenvalue weighted by atomic mass is 9.96. The molecule has 0 spiro atoms. The topological polar surface area (TPSA) is 9.23 Å². The van der Waals surface area contributed by atoms with Crippen molar-refractivity contribution < 1.29 is 4.43 Å². The van der Waals surface area contributed by atoms with Crippen LogP contribution in [0.1, 0.15) is 25.3 Å². The molecule has 0 amide bonds. The summed E-state index contributed by atoms with van der Waals surface area (Å²) in [5.41, 5.74) is 3.79. The van der Waals surface area contributed by atoms with Crippen molar-refractivity contribution in [2.45, 2.75) is 26.2 Å². The Hall–Kier alpha value is -1.54. The number of hydrogen-bond donors (Lipinski definition) is 0. The zero-order chi connectivity index (χ0) is 12.8. The van der Waals surface area contributed by atoms with Gasteiger partial charge in [0.05, 0.1) is 0 Å². The zero-order valence-corrected chi connectivity index (χ0v) is 11.6. The third kappa shape index (κ3) is 2.82. The van der Waals surface area contributed by atoms with Crippen LogP contribution in [-0.4, -0.2) is 10.5 Å². The van der Waals surface area contributed by atoms with Crippen LogP contribution < -0.4 is 4.43 Å². The van der Waals surface area contributed by atoms with Gasteiger partial charge in [0.15, 0.2) is 0 Å². The number of para-hydroxylation sites is 1. The first-order chi connectivity index (χ1) is 8.86. The summed E-state index contributed by atoms with van der Waals surface area (Å²) < 4.78 is 5.26. The van der Waals surface area contributed by atoms with Crippen molar-refractivity contribution in [1.82, 2.24) is 0 Å². The summed E-state index contributed by atoms with van der Waals surface area (Å²) in [6.45, 7) is 2.22. The molecule has 0 aliphatic rings. The largest absolute Gasteiger partial charge is 0.540 e. The Bertz CT molecular complexity index is 508. The van der Waals surface area contributed by atoms with Gasteiger partial charge < -0.3 is 4.43 Å². The van der Waals surface area contributed by atoms with E-state index in [2.05, 4.69) is 47.7 Å². The fraction of sp³-hybridized carbons (Fsp3) is 0.250. The van der Waals surface area contributed by atoms with Crippen molar-refractivity contribution in [2.24, 2.45) is 0 Å². The molecule has 0 heterocycles. The van der Waals surface area contributed by atoms with Gasteiger partial charge in [-0.2, -0.15) is 0 Å². The second-order valence-electron chi connectivity index (χ2n) is 4.36. The van der Waals surface area contributed by atoms with Crippen molar-refractivity contribution in [1.29, 1.82) is 0 Å². The van der Waals surface area contributed by atoms with Crippen LogP contribution in [0.15, 0.2) is 48.5 Å². The lowest BCUT2D eigenvalue weighted by Gasteiger charge is -2.12. The fourth-order valence-corrected chi connectivity index (χ4v) is 2.32. The van der Waals surface area contributed by atoms with E-state index in [1.807, 2.05) is 18.2 Å². The molecule has 2 heteroatoms. The molecule has 1 nitrogen and oxygen atoms in total. The molecule has 0 fully saturated rings. The first-order valence-electron chi connectivity index (χ1n) is 6.37. The Kier molecular flexibility index (Phi) is 4.59. The summed E-state index contributed by atoms with van der Waals surface area (Å²) in [6, 6.07) is 16.6. The fourth-order valence-electron chi connectivity index (χ4n) is 2.15. The van der Waals surface area contributed by atoms with Gasteiger partial charge in [0.25, 0.3) is 0 Å². The van der Waals surface area contributed by atoms with Crippen LogP contribution in [0.2, 0.25) is 0 Å². The van der Waals surface area contributed by atoms with E-state index in [4.69, 9.17) is 4.43 Å². The normalized spacial score (nSPS) is 10.3. The highest BCUT2D eigenvalue weighted by molar-refractivity contribution is 6.00. The van der Waals surface area contributed by atoms with E-state index in [1.54, 1.807) is 0 Å². The maximum absolute atomic E-state index is 5.26. The molecule has 0 unspecified atom stereocenters. The Balaban J connectivity index is 2.43. The van der Waals surface area contributed by atoms with Gasteiger partial charge in [-0.1, -0.05) is 55.8 Å². The quantitative estimate of drug-likeness (QED) is 0.727. The van der Waals surface area contributed by atoms with Crippen LogP contribution in [0.25, 0.3) is 11.1 Å². The Labute approximate surface area is 112 Å². The number of unbranched alkanes of at least 4 members (excludes halogenated alkanes) is 1. The van der Waals surface area contributed by atoms with E-state index < -0.39 is 0 Å². The highest BCUT2D eigenvalue weighted by Crippen LogP contribution is 2.32. The van der Waals surface area contributed by atoms with Gasteiger partial charge in [-0.05, 0) is 30.0 Å². The average Bonchev–Trinajstić information content (AvgIpc) is 2.45. The number of aryl methyl sites for hydroxylation is 1. The van der Waals surface area contributed by atoms with E-state index in [9.17, 15) is 0 Å². The van der Waals surface area contributed by atoms with Crippen LogP contribution >= 0.6 is 0 Å². The molecule has 0 saturated carbocycles. The highest BCUT2D eigenvalue weighted by Gasteiger charge is 2.08. The summed E-state index contributed by atoms with van der Waals surface area (Å²) in [6.07, 6.45) is 3.54. The Morgan fingerprint density at radius 1 is 0.944 bits per heavy atom. The summed E-state index contributed by atoms with van der Waals surface area (Å²) in [7, 11) is 3.13. The van der Waals surface area contributed by atoms with E-state index in [0.29, 0.717) is 0 Å². The average molecular weight is 253 g/mol. The number of rotatable bonds is 5. The first kappa shape index (κ1) is 12.9. The molecule has 0 aliphatic heterocycles. The van der Waals surface area contributed by atoms with Crippen molar-refractivity contribution >= 4 is 10.5 Å². The van der Waals surface area contributed by atoms with Crippen LogP contribution in [0, 0.1) is 0 Å². The molecular formula is C16H17OSi. The molecule has 0 aromatic heterocycles. The minimum Gasteiger partial charge on any atom is -0.540 e. The van der Waals surface area contributed by atoms with Gasteiger partial charge in [0.2, 0.25) is 0 Å². The molecule has 0 saturated heterocycles. The summed E-state index contributed by atoms with van der Waals surface area (Å²) in [5.74, 6) is 0.859. The van der Waals surface area contributed by atoms with Crippen LogP contribution in [-0.2, 0) is 6.42 Å². The maximum Gasteiger partial charge on any atom is 0.341 e. The third-order valence-corrected chi connectivity index (χ3v) is 3.32. The molecule has 91 valence electrons. The molecule has 0 atom stereocenters. The standard InChI is InChI=1S/C16H17OSi/c1-2-3-8-13-9-4-5-10-14(13)15-11-6-7-12-16(15)17-18/h4-7,9-12H,2-3,8H2,1H3. The van der Waals surface area contributed by atoms with Gasteiger partial charge in [-0.25, -0.2) is 0 Å². The predicted molar refractivity (Wildman–Crippen MR) is 76.9 cm³/mol. The molecular weight excluding hydrogens is 236 g/mol. The molecule has 18 heavy (non-hydrogen) atoms. The van der Waals surface area contributed by atoms with Gasteiger partial charge >= 0.3 is 10.5 Å². The van der Waals surface area contributed by atoms with Crippen molar-refractivity contribution in [2.75, 3.05) is 0 Å². The second-order valence-corrected chi connectivity index (χ2v) is 4.56. The summed E-state index contributed by atoms with van der Waals surface area (Å²) >= 11 is 0. The van der Waals surface area contributed by atoms with Crippen LogP contribution in [0.3, 0.4) is 0 Å². The minimum atomic E-state index is 0.859. The molecule has 0 N–H and O–H groups in total. The van der Waals surface area contributed by atoms with E-state index in [1.165, 1.54) is 24.0 Å². The lowest BCUT2D eigenvalue weighted by Crippen LogP contribution is -1.93. The van der Waals surface area contributed by atoms with Crippen LogP contribution in [0.5, 0.6) is 5.75 Å². The van der Waals surface area contributed by atoms with E-state index in [-0.39, 0.29) is 0 Å². The maximum atomic E-state index is 5.26. The third-order valence-electron chi connectivity index (χ3n) is 3.10. The SMILES string of the molecule is CCCCc1ccccc1-c1ccccc1O[Si]. The molecule has 2 aromatic rings. The number of hydrogen-bond acceptors (Lipinski definition) is 1. The Morgan fingerprint density at radius 3 is 2.33 bits per heavy atom. The van der Waals surface area contributed by atoms with Crippen molar-refractivity contribution in [3.8, 4) is 16.9 Å². The van der Waals surface area contributed by atoms with E-state index in [0.717, 1.165) is 17.7 Å². The smallest absolute Gasteiger partial charge is 0.341 e. The van der Waals surface area contributed by atoms with Gasteiger partial charge in [0, 0.05) is 5.56 Å². The van der Waals surface area contributed by atoms with Gasteiger partial charge in [-0.3, -0.25) is 0 Å². The van der Waals surface area contributed by atoms with Gasteiger partial charge in [0.1, 0.15) is 5.75 Å². The zero-order valence-electron chi connectivity index (χ0n) is 10.6. The molecule has 0 bridgehead atoms. The van der Waals surface area contributed by atoms with Gasteiger partial charge in [-0.15, -0.1) is 0 Å². The minimum absolute atomic E-state index is 0.859. The molecule has 2 rings (SSSR count). The molecule has 0 aliphatic carbocycles.